The lowest BCUT2D eigenvalue weighted by atomic mass is 10.1. The highest BCUT2D eigenvalue weighted by molar-refractivity contribution is 5.79. The molecule has 0 bridgehead atoms. The summed E-state index contributed by atoms with van der Waals surface area (Å²) >= 11 is 0. The summed E-state index contributed by atoms with van der Waals surface area (Å²) in [7, 11) is 5.16. The van der Waals surface area contributed by atoms with Crippen LogP contribution in [0.1, 0.15) is 11.1 Å². The standard InChI is InChI=1S/C19H24FN3O2/c1-21-19(23(2)13-14-5-4-6-16(20)11-14)22-10-9-15-7-8-17(25-3)12-18(15)24/h4-8,11-12,24H,9-10,13H2,1-3H3,(H,21,22). The third kappa shape index (κ3) is 5.38. The number of phenolic OH excluding ortho intramolecular Hbond substituents is 1. The summed E-state index contributed by atoms with van der Waals surface area (Å²) in [6.45, 7) is 1.16. The number of rotatable bonds is 6. The van der Waals surface area contributed by atoms with Crippen molar-refractivity contribution < 1.29 is 14.2 Å². The first-order valence-corrected chi connectivity index (χ1v) is 8.05. The van der Waals surface area contributed by atoms with E-state index in [1.807, 2.05) is 30.1 Å². The van der Waals surface area contributed by atoms with Gasteiger partial charge in [0.1, 0.15) is 17.3 Å². The maximum absolute atomic E-state index is 13.3. The van der Waals surface area contributed by atoms with E-state index in [1.165, 1.54) is 12.1 Å². The topological polar surface area (TPSA) is 57.1 Å². The van der Waals surface area contributed by atoms with Crippen LogP contribution in [0.4, 0.5) is 4.39 Å². The quantitative estimate of drug-likeness (QED) is 0.624. The number of ether oxygens (including phenoxy) is 1. The molecule has 0 spiro atoms. The van der Waals surface area contributed by atoms with Gasteiger partial charge in [0, 0.05) is 33.3 Å². The van der Waals surface area contributed by atoms with Crippen molar-refractivity contribution in [2.24, 2.45) is 4.99 Å². The van der Waals surface area contributed by atoms with E-state index in [2.05, 4.69) is 10.3 Å². The Morgan fingerprint density at radius 3 is 2.72 bits per heavy atom. The van der Waals surface area contributed by atoms with Crippen molar-refractivity contribution in [1.29, 1.82) is 0 Å². The number of nitrogens with zero attached hydrogens (tertiary/aromatic N) is 2. The first-order valence-electron chi connectivity index (χ1n) is 8.05. The van der Waals surface area contributed by atoms with Crippen LogP contribution in [0.3, 0.4) is 0 Å². The van der Waals surface area contributed by atoms with E-state index < -0.39 is 0 Å². The molecule has 134 valence electrons. The van der Waals surface area contributed by atoms with Gasteiger partial charge in [-0.25, -0.2) is 4.39 Å². The van der Waals surface area contributed by atoms with Crippen molar-refractivity contribution in [1.82, 2.24) is 10.2 Å². The molecule has 0 fully saturated rings. The second kappa shape index (κ2) is 8.92. The highest BCUT2D eigenvalue weighted by atomic mass is 19.1. The maximum Gasteiger partial charge on any atom is 0.193 e. The molecule has 0 aliphatic carbocycles. The average molecular weight is 345 g/mol. The predicted molar refractivity (Wildman–Crippen MR) is 97.6 cm³/mol. The van der Waals surface area contributed by atoms with Gasteiger partial charge >= 0.3 is 0 Å². The average Bonchev–Trinajstić information content (AvgIpc) is 2.59. The molecule has 0 amide bonds. The summed E-state index contributed by atoms with van der Waals surface area (Å²) in [5, 5.41) is 13.2. The van der Waals surface area contributed by atoms with E-state index in [0.29, 0.717) is 31.2 Å². The minimum Gasteiger partial charge on any atom is -0.508 e. The zero-order chi connectivity index (χ0) is 18.2. The number of hydrogen-bond donors (Lipinski definition) is 2. The third-order valence-electron chi connectivity index (χ3n) is 3.85. The van der Waals surface area contributed by atoms with Crippen molar-refractivity contribution in [3.63, 3.8) is 0 Å². The number of phenols is 1. The minimum atomic E-state index is -0.246. The number of hydrogen-bond acceptors (Lipinski definition) is 3. The fourth-order valence-corrected chi connectivity index (χ4v) is 2.56. The van der Waals surface area contributed by atoms with E-state index in [4.69, 9.17) is 4.74 Å². The van der Waals surface area contributed by atoms with Gasteiger partial charge in [-0.05, 0) is 35.7 Å². The fraction of sp³-hybridized carbons (Fsp3) is 0.316. The second-order valence-electron chi connectivity index (χ2n) is 5.70. The van der Waals surface area contributed by atoms with Crippen LogP contribution in [0.15, 0.2) is 47.5 Å². The summed E-state index contributed by atoms with van der Waals surface area (Å²) < 4.78 is 18.4. The molecular weight excluding hydrogens is 321 g/mol. The minimum absolute atomic E-state index is 0.212. The first-order chi connectivity index (χ1) is 12.0. The molecule has 0 aliphatic heterocycles. The molecule has 0 heterocycles. The second-order valence-corrected chi connectivity index (χ2v) is 5.70. The Labute approximate surface area is 147 Å². The Kier molecular flexibility index (Phi) is 6.62. The number of methoxy groups -OCH3 is 1. The highest BCUT2D eigenvalue weighted by Crippen LogP contribution is 2.23. The zero-order valence-corrected chi connectivity index (χ0v) is 14.8. The molecule has 0 unspecified atom stereocenters. The lowest BCUT2D eigenvalue weighted by molar-refractivity contribution is 0.406. The lowest BCUT2D eigenvalue weighted by Gasteiger charge is -2.22. The number of benzene rings is 2. The molecule has 25 heavy (non-hydrogen) atoms. The van der Waals surface area contributed by atoms with Gasteiger partial charge in [0.05, 0.1) is 7.11 Å². The third-order valence-corrected chi connectivity index (χ3v) is 3.85. The van der Waals surface area contributed by atoms with Crippen molar-refractivity contribution in [3.8, 4) is 11.5 Å². The number of aromatic hydroxyl groups is 1. The fourth-order valence-electron chi connectivity index (χ4n) is 2.56. The maximum atomic E-state index is 13.3. The summed E-state index contributed by atoms with van der Waals surface area (Å²) in [4.78, 5) is 6.16. The van der Waals surface area contributed by atoms with Gasteiger partial charge in [-0.15, -0.1) is 0 Å². The SMILES string of the molecule is CN=C(NCCc1ccc(OC)cc1O)N(C)Cc1cccc(F)c1. The number of halogens is 1. The van der Waals surface area contributed by atoms with Gasteiger partial charge in [0.25, 0.3) is 0 Å². The molecule has 0 aromatic heterocycles. The lowest BCUT2D eigenvalue weighted by Crippen LogP contribution is -2.39. The Hall–Kier alpha value is -2.76. The summed E-state index contributed by atoms with van der Waals surface area (Å²) in [6.07, 6.45) is 0.642. The van der Waals surface area contributed by atoms with Crippen LogP contribution in [-0.4, -0.2) is 43.7 Å². The molecule has 0 saturated carbocycles. The van der Waals surface area contributed by atoms with E-state index in [-0.39, 0.29) is 11.6 Å². The summed E-state index contributed by atoms with van der Waals surface area (Å²) in [5.41, 5.74) is 1.70. The molecule has 2 N–H and O–H groups in total. The van der Waals surface area contributed by atoms with E-state index in [0.717, 1.165) is 11.1 Å². The van der Waals surface area contributed by atoms with Gasteiger partial charge in [-0.2, -0.15) is 0 Å². The van der Waals surface area contributed by atoms with Gasteiger partial charge in [0.15, 0.2) is 5.96 Å². The molecule has 0 radical (unpaired) electrons. The molecule has 2 aromatic rings. The number of nitrogens with one attached hydrogen (secondary N) is 1. The number of aliphatic imine (C=N–C) groups is 1. The molecule has 2 aromatic carbocycles. The normalized spacial score (nSPS) is 11.3. The predicted octanol–water partition coefficient (Wildman–Crippen LogP) is 2.79. The van der Waals surface area contributed by atoms with Crippen LogP contribution < -0.4 is 10.1 Å². The Balaban J connectivity index is 1.89. The van der Waals surface area contributed by atoms with E-state index in [9.17, 15) is 9.50 Å². The molecule has 5 nitrogen and oxygen atoms in total. The number of guanidine groups is 1. The van der Waals surface area contributed by atoms with Crippen LogP contribution in [0.2, 0.25) is 0 Å². The van der Waals surface area contributed by atoms with Gasteiger partial charge < -0.3 is 20.1 Å². The molecular formula is C19H24FN3O2. The van der Waals surface area contributed by atoms with Gasteiger partial charge in [-0.1, -0.05) is 18.2 Å². The van der Waals surface area contributed by atoms with Crippen molar-refractivity contribution >= 4 is 5.96 Å². The molecule has 6 heteroatoms. The van der Waals surface area contributed by atoms with Gasteiger partial charge in [0.2, 0.25) is 0 Å². The Morgan fingerprint density at radius 1 is 1.28 bits per heavy atom. The van der Waals surface area contributed by atoms with E-state index >= 15 is 0 Å². The first kappa shape index (κ1) is 18.6. The van der Waals surface area contributed by atoms with Crippen molar-refractivity contribution in [2.45, 2.75) is 13.0 Å². The van der Waals surface area contributed by atoms with Crippen LogP contribution >= 0.6 is 0 Å². The van der Waals surface area contributed by atoms with Crippen LogP contribution in [0.25, 0.3) is 0 Å². The van der Waals surface area contributed by atoms with Crippen molar-refractivity contribution in [3.05, 3.63) is 59.4 Å². The Bertz CT molecular complexity index is 734. The van der Waals surface area contributed by atoms with Crippen molar-refractivity contribution in [2.75, 3.05) is 27.7 Å². The largest absolute Gasteiger partial charge is 0.508 e. The monoisotopic (exact) mass is 345 g/mol. The summed E-state index contributed by atoms with van der Waals surface area (Å²) in [6, 6.07) is 11.8. The van der Waals surface area contributed by atoms with Gasteiger partial charge in [-0.3, -0.25) is 4.99 Å². The smallest absolute Gasteiger partial charge is 0.193 e. The van der Waals surface area contributed by atoms with Crippen LogP contribution in [-0.2, 0) is 13.0 Å². The summed E-state index contributed by atoms with van der Waals surface area (Å²) in [5.74, 6) is 1.30. The molecule has 0 atom stereocenters. The Morgan fingerprint density at radius 2 is 2.08 bits per heavy atom. The molecule has 0 saturated heterocycles. The van der Waals surface area contributed by atoms with Crippen LogP contribution in [0, 0.1) is 5.82 Å². The zero-order valence-electron chi connectivity index (χ0n) is 14.8. The van der Waals surface area contributed by atoms with E-state index in [1.54, 1.807) is 26.3 Å². The highest BCUT2D eigenvalue weighted by Gasteiger charge is 2.08. The molecule has 0 aliphatic rings. The molecule has 2 rings (SSSR count). The van der Waals surface area contributed by atoms with Crippen LogP contribution in [0.5, 0.6) is 11.5 Å².